The van der Waals surface area contributed by atoms with Gasteiger partial charge in [-0.3, -0.25) is 4.79 Å². The van der Waals surface area contributed by atoms with Gasteiger partial charge < -0.3 is 9.73 Å². The first kappa shape index (κ1) is 13.3. The Hall–Kier alpha value is -2.69. The Morgan fingerprint density at radius 1 is 1.29 bits per heavy atom. The van der Waals surface area contributed by atoms with Gasteiger partial charge in [0.05, 0.1) is 11.6 Å². The average molecular weight is 284 g/mol. The molecule has 0 aliphatic carbocycles. The summed E-state index contributed by atoms with van der Waals surface area (Å²) in [6, 6.07) is 11.8. The molecule has 3 rings (SSSR count). The third kappa shape index (κ3) is 2.76. The largest absolute Gasteiger partial charge is 0.459 e. The summed E-state index contributed by atoms with van der Waals surface area (Å²) in [5.74, 6) is -0.271. The third-order valence-corrected chi connectivity index (χ3v) is 3.21. The molecule has 0 bridgehead atoms. The minimum absolute atomic E-state index is 0.296. The van der Waals surface area contributed by atoms with Gasteiger partial charge in [0.25, 0.3) is 5.91 Å². The highest BCUT2D eigenvalue weighted by atomic mass is 19.1. The van der Waals surface area contributed by atoms with Gasteiger partial charge in [-0.15, -0.1) is 0 Å². The number of pyridine rings is 1. The fourth-order valence-electron chi connectivity index (χ4n) is 2.08. The van der Waals surface area contributed by atoms with Gasteiger partial charge in [0, 0.05) is 11.6 Å². The van der Waals surface area contributed by atoms with Crippen molar-refractivity contribution in [3.8, 4) is 0 Å². The maximum Gasteiger partial charge on any atom is 0.253 e. The van der Waals surface area contributed by atoms with Crippen LogP contribution in [0.2, 0.25) is 0 Å². The molecule has 0 fully saturated rings. The summed E-state index contributed by atoms with van der Waals surface area (Å²) >= 11 is 0. The number of carbonyl (C=O) groups excluding carboxylic acids is 1. The number of furan rings is 1. The number of halogens is 1. The lowest BCUT2D eigenvalue weighted by atomic mass is 10.2. The van der Waals surface area contributed by atoms with Gasteiger partial charge in [-0.05, 0) is 31.2 Å². The van der Waals surface area contributed by atoms with Gasteiger partial charge in [-0.25, -0.2) is 4.98 Å². The quantitative estimate of drug-likeness (QED) is 0.749. The first-order valence-corrected chi connectivity index (χ1v) is 6.54. The molecule has 1 amide bonds. The number of aromatic nitrogens is 1. The second kappa shape index (κ2) is 5.36. The second-order valence-corrected chi connectivity index (χ2v) is 4.75. The Morgan fingerprint density at radius 2 is 2.10 bits per heavy atom. The minimum Gasteiger partial charge on any atom is -0.459 e. The normalized spacial score (nSPS) is 12.3. The van der Waals surface area contributed by atoms with Crippen LogP contribution in [0.15, 0.2) is 53.1 Å². The van der Waals surface area contributed by atoms with E-state index in [2.05, 4.69) is 10.3 Å². The molecule has 21 heavy (non-hydrogen) atoms. The molecule has 2 aromatic heterocycles. The van der Waals surface area contributed by atoms with E-state index in [0.717, 1.165) is 17.0 Å². The number of nitrogens with zero attached hydrogens (tertiary/aromatic N) is 1. The van der Waals surface area contributed by atoms with Crippen LogP contribution in [0.25, 0.3) is 11.0 Å². The smallest absolute Gasteiger partial charge is 0.253 e. The molecule has 3 aromatic rings. The van der Waals surface area contributed by atoms with E-state index in [1.54, 1.807) is 0 Å². The van der Waals surface area contributed by atoms with Gasteiger partial charge >= 0.3 is 0 Å². The van der Waals surface area contributed by atoms with Crippen molar-refractivity contribution in [3.63, 3.8) is 0 Å². The van der Waals surface area contributed by atoms with Crippen LogP contribution in [0.4, 0.5) is 4.39 Å². The van der Waals surface area contributed by atoms with Crippen LogP contribution < -0.4 is 5.32 Å². The summed E-state index contributed by atoms with van der Waals surface area (Å²) in [6.07, 6.45) is 1.20. The molecule has 0 spiro atoms. The topological polar surface area (TPSA) is 55.1 Å². The van der Waals surface area contributed by atoms with Gasteiger partial charge in [0.1, 0.15) is 11.3 Å². The number of fused-ring (bicyclic) bond motifs is 1. The van der Waals surface area contributed by atoms with Crippen molar-refractivity contribution in [2.75, 3.05) is 0 Å². The summed E-state index contributed by atoms with van der Waals surface area (Å²) in [4.78, 5) is 15.5. The third-order valence-electron chi connectivity index (χ3n) is 3.21. The van der Waals surface area contributed by atoms with Crippen molar-refractivity contribution in [2.45, 2.75) is 13.0 Å². The van der Waals surface area contributed by atoms with E-state index in [-0.39, 0.29) is 11.9 Å². The van der Waals surface area contributed by atoms with Gasteiger partial charge in [-0.2, -0.15) is 4.39 Å². The molecular weight excluding hydrogens is 271 g/mol. The van der Waals surface area contributed by atoms with Crippen LogP contribution in [0.1, 0.15) is 29.1 Å². The Kier molecular flexibility index (Phi) is 3.39. The number of carbonyl (C=O) groups is 1. The summed E-state index contributed by atoms with van der Waals surface area (Å²) in [7, 11) is 0. The fourth-order valence-corrected chi connectivity index (χ4v) is 2.08. The first-order chi connectivity index (χ1) is 10.1. The zero-order valence-electron chi connectivity index (χ0n) is 11.3. The highest BCUT2D eigenvalue weighted by Gasteiger charge is 2.15. The molecule has 0 saturated heterocycles. The lowest BCUT2D eigenvalue weighted by molar-refractivity contribution is 0.0935. The molecule has 0 unspecified atom stereocenters. The molecule has 5 heteroatoms. The predicted octanol–water partition coefficient (Wildman–Crippen LogP) is 3.46. The summed E-state index contributed by atoms with van der Waals surface area (Å²) in [6.45, 7) is 1.83. The second-order valence-electron chi connectivity index (χ2n) is 4.75. The van der Waals surface area contributed by atoms with E-state index < -0.39 is 5.95 Å². The lowest BCUT2D eigenvalue weighted by Crippen LogP contribution is -2.26. The molecule has 2 heterocycles. The van der Waals surface area contributed by atoms with Crippen molar-refractivity contribution in [3.05, 3.63) is 65.9 Å². The molecular formula is C16H13FN2O2. The lowest BCUT2D eigenvalue weighted by Gasteiger charge is -2.11. The average Bonchev–Trinajstić information content (AvgIpc) is 2.92. The number of rotatable bonds is 3. The molecule has 1 N–H and O–H groups in total. The van der Waals surface area contributed by atoms with Crippen molar-refractivity contribution >= 4 is 16.9 Å². The van der Waals surface area contributed by atoms with E-state index in [1.165, 1.54) is 12.3 Å². The molecule has 0 aliphatic heterocycles. The van der Waals surface area contributed by atoms with E-state index in [1.807, 2.05) is 37.3 Å². The summed E-state index contributed by atoms with van der Waals surface area (Å²) in [5.41, 5.74) is 1.08. The Bertz CT molecular complexity index is 747. The Labute approximate surface area is 120 Å². The number of hydrogen-bond donors (Lipinski definition) is 1. The van der Waals surface area contributed by atoms with Crippen LogP contribution >= 0.6 is 0 Å². The zero-order valence-corrected chi connectivity index (χ0v) is 11.3. The zero-order chi connectivity index (χ0) is 14.8. The highest BCUT2D eigenvalue weighted by molar-refractivity contribution is 5.94. The Balaban J connectivity index is 1.77. The molecule has 1 aromatic carbocycles. The maximum absolute atomic E-state index is 12.7. The van der Waals surface area contributed by atoms with Crippen LogP contribution in [-0.2, 0) is 0 Å². The van der Waals surface area contributed by atoms with Crippen LogP contribution in [0.5, 0.6) is 0 Å². The van der Waals surface area contributed by atoms with Crippen molar-refractivity contribution in [1.82, 2.24) is 10.3 Å². The van der Waals surface area contributed by atoms with Crippen molar-refractivity contribution in [2.24, 2.45) is 0 Å². The molecule has 106 valence electrons. The molecule has 1 atom stereocenters. The van der Waals surface area contributed by atoms with Gasteiger partial charge in [0.15, 0.2) is 0 Å². The fraction of sp³-hybridized carbons (Fsp3) is 0.125. The monoisotopic (exact) mass is 284 g/mol. The number of benzene rings is 1. The van der Waals surface area contributed by atoms with Crippen molar-refractivity contribution < 1.29 is 13.6 Å². The van der Waals surface area contributed by atoms with E-state index in [9.17, 15) is 9.18 Å². The molecule has 0 radical (unpaired) electrons. The minimum atomic E-state index is -0.614. The number of para-hydroxylation sites is 1. The summed E-state index contributed by atoms with van der Waals surface area (Å²) < 4.78 is 18.4. The van der Waals surface area contributed by atoms with Gasteiger partial charge in [0.2, 0.25) is 5.95 Å². The molecule has 4 nitrogen and oxygen atoms in total. The number of nitrogens with one attached hydrogen (secondary N) is 1. The van der Waals surface area contributed by atoms with Crippen LogP contribution in [-0.4, -0.2) is 10.9 Å². The van der Waals surface area contributed by atoms with Crippen LogP contribution in [0.3, 0.4) is 0 Å². The molecule has 0 aliphatic rings. The standard InChI is InChI=1S/C16H13FN2O2/c1-10(14-8-11-4-2-3-5-13(11)21-14)19-16(20)12-6-7-15(17)18-9-12/h2-10H,1H3,(H,19,20)/t10-/m0/s1. The number of hydrogen-bond acceptors (Lipinski definition) is 3. The van der Waals surface area contributed by atoms with Crippen LogP contribution in [0, 0.1) is 5.95 Å². The Morgan fingerprint density at radius 3 is 2.81 bits per heavy atom. The predicted molar refractivity (Wildman–Crippen MR) is 76.3 cm³/mol. The first-order valence-electron chi connectivity index (χ1n) is 6.54. The SMILES string of the molecule is C[C@H](NC(=O)c1ccc(F)nc1)c1cc2ccccc2o1. The van der Waals surface area contributed by atoms with E-state index >= 15 is 0 Å². The number of amides is 1. The van der Waals surface area contributed by atoms with E-state index in [4.69, 9.17) is 4.42 Å². The van der Waals surface area contributed by atoms with E-state index in [0.29, 0.717) is 11.3 Å². The summed E-state index contributed by atoms with van der Waals surface area (Å²) in [5, 5.41) is 3.78. The maximum atomic E-state index is 12.7. The van der Waals surface area contributed by atoms with Crippen molar-refractivity contribution in [1.29, 1.82) is 0 Å². The van der Waals surface area contributed by atoms with Gasteiger partial charge in [-0.1, -0.05) is 18.2 Å². The highest BCUT2D eigenvalue weighted by Crippen LogP contribution is 2.23. The molecule has 0 saturated carbocycles.